The number of ether oxygens (including phenoxy) is 2. The van der Waals surface area contributed by atoms with E-state index in [1.807, 2.05) is 29.2 Å². The van der Waals surface area contributed by atoms with Crippen molar-refractivity contribution in [2.75, 3.05) is 26.3 Å². The number of aliphatic hydroxyl groups excluding tert-OH is 2. The number of amides is 2. The number of benzene rings is 1. The first-order valence-corrected chi connectivity index (χ1v) is 19.2. The van der Waals surface area contributed by atoms with Crippen LogP contribution in [0.1, 0.15) is 85.0 Å². The Hall–Kier alpha value is -1.69. The lowest BCUT2D eigenvalue weighted by atomic mass is 9.49. The van der Waals surface area contributed by atoms with Gasteiger partial charge in [0, 0.05) is 25.1 Å². The summed E-state index contributed by atoms with van der Waals surface area (Å²) in [7, 11) is 0. The zero-order chi connectivity index (χ0) is 33.3. The number of hydrogen-bond donors (Lipinski definition) is 3. The van der Waals surface area contributed by atoms with Crippen molar-refractivity contribution in [2.45, 2.75) is 109 Å². The average molecular weight is 763 g/mol. The third kappa shape index (κ3) is 8.04. The summed E-state index contributed by atoms with van der Waals surface area (Å²) in [5.41, 5.74) is 0.505. The predicted molar refractivity (Wildman–Crippen MR) is 190 cm³/mol. The Morgan fingerprint density at radius 1 is 1.06 bits per heavy atom. The molecule has 6 aliphatic carbocycles. The van der Waals surface area contributed by atoms with E-state index in [1.54, 1.807) is 6.08 Å². The monoisotopic (exact) mass is 762 g/mol. The highest BCUT2D eigenvalue weighted by molar-refractivity contribution is 14.1. The van der Waals surface area contributed by atoms with Crippen LogP contribution in [0.25, 0.3) is 0 Å². The molecule has 0 unspecified atom stereocenters. The Labute approximate surface area is 294 Å². The lowest BCUT2D eigenvalue weighted by Gasteiger charge is -2.58. The first kappa shape index (κ1) is 35.1. The van der Waals surface area contributed by atoms with Crippen molar-refractivity contribution in [1.29, 1.82) is 0 Å². The molecule has 1 aromatic carbocycles. The molecule has 260 valence electrons. The molecule has 5 saturated carbocycles. The third-order valence-electron chi connectivity index (χ3n) is 12.1. The number of para-hydroxylation sites is 1. The summed E-state index contributed by atoms with van der Waals surface area (Å²) >= 11 is 2.21. The number of nitrogens with one attached hydrogen (secondary N) is 1. The van der Waals surface area contributed by atoms with Crippen LogP contribution in [-0.2, 0) is 14.3 Å². The molecule has 3 N–H and O–H groups in total. The summed E-state index contributed by atoms with van der Waals surface area (Å²) in [6.45, 7) is 7.30. The van der Waals surface area contributed by atoms with Gasteiger partial charge in [-0.25, -0.2) is 0 Å². The molecule has 2 amide bonds. The van der Waals surface area contributed by atoms with Crippen LogP contribution < -0.4 is 10.1 Å². The highest BCUT2D eigenvalue weighted by Gasteiger charge is 2.53. The van der Waals surface area contributed by atoms with Gasteiger partial charge in [-0.05, 0) is 133 Å². The summed E-state index contributed by atoms with van der Waals surface area (Å²) in [6, 6.07) is 6.98. The largest absolute Gasteiger partial charge is 0.482 e. The number of carbonyl (C=O) groups excluding carboxylic acids is 2. The number of nitrogens with zero attached hydrogens (tertiary/aromatic N) is 1. The molecule has 7 rings (SSSR count). The van der Waals surface area contributed by atoms with Gasteiger partial charge in [0.1, 0.15) is 24.6 Å². The Kier molecular flexibility index (Phi) is 11.3. The molecule has 9 heteroatoms. The Bertz CT molecular complexity index is 1270. The molecule has 0 saturated heterocycles. The van der Waals surface area contributed by atoms with E-state index in [4.69, 9.17) is 9.47 Å². The van der Waals surface area contributed by atoms with Crippen molar-refractivity contribution in [2.24, 2.45) is 40.9 Å². The minimum Gasteiger partial charge on any atom is -0.482 e. The molecular weight excluding hydrogens is 707 g/mol. The van der Waals surface area contributed by atoms with E-state index < -0.39 is 18.2 Å². The van der Waals surface area contributed by atoms with Crippen LogP contribution in [0, 0.1) is 44.5 Å². The average Bonchev–Trinajstić information content (AvgIpc) is 3.02. The fourth-order valence-corrected chi connectivity index (χ4v) is 10.8. The molecule has 47 heavy (non-hydrogen) atoms. The molecule has 4 bridgehead atoms. The molecule has 0 heterocycles. The second-order valence-corrected chi connectivity index (χ2v) is 17.2. The van der Waals surface area contributed by atoms with Crippen LogP contribution in [0.5, 0.6) is 5.75 Å². The molecule has 0 aliphatic heterocycles. The number of rotatable bonds is 12. The van der Waals surface area contributed by atoms with E-state index in [2.05, 4.69) is 48.7 Å². The number of aliphatic hydroxyl groups is 2. The van der Waals surface area contributed by atoms with Crippen molar-refractivity contribution in [1.82, 2.24) is 10.2 Å². The van der Waals surface area contributed by atoms with Crippen molar-refractivity contribution in [3.63, 3.8) is 0 Å². The van der Waals surface area contributed by atoms with E-state index in [9.17, 15) is 19.8 Å². The first-order valence-electron chi connectivity index (χ1n) is 18.1. The summed E-state index contributed by atoms with van der Waals surface area (Å²) in [6.07, 6.45) is 10.7. The van der Waals surface area contributed by atoms with Gasteiger partial charge in [0.15, 0.2) is 0 Å². The highest BCUT2D eigenvalue weighted by atomic mass is 127. The van der Waals surface area contributed by atoms with Crippen LogP contribution in [0.3, 0.4) is 0 Å². The van der Waals surface area contributed by atoms with Gasteiger partial charge in [0.05, 0.1) is 22.3 Å². The van der Waals surface area contributed by atoms with Gasteiger partial charge in [-0.3, -0.25) is 9.59 Å². The smallest absolute Gasteiger partial charge is 0.248 e. The number of carbonyl (C=O) groups is 2. The van der Waals surface area contributed by atoms with Crippen LogP contribution in [-0.4, -0.2) is 77.6 Å². The lowest BCUT2D eigenvalue weighted by molar-refractivity contribution is -0.156. The number of hydrogen-bond acceptors (Lipinski definition) is 6. The van der Waals surface area contributed by atoms with Gasteiger partial charge in [-0.1, -0.05) is 39.3 Å². The van der Waals surface area contributed by atoms with E-state index in [-0.39, 0.29) is 49.5 Å². The van der Waals surface area contributed by atoms with E-state index in [1.165, 1.54) is 25.7 Å². The fourth-order valence-electron chi connectivity index (χ4n) is 10.3. The first-order chi connectivity index (χ1) is 22.5. The van der Waals surface area contributed by atoms with Gasteiger partial charge in [-0.2, -0.15) is 0 Å². The second-order valence-electron chi connectivity index (χ2n) is 16.1. The highest BCUT2D eigenvalue weighted by Crippen LogP contribution is 2.60. The summed E-state index contributed by atoms with van der Waals surface area (Å²) in [4.78, 5) is 29.9. The lowest BCUT2D eigenvalue weighted by Crippen LogP contribution is -2.60. The summed E-state index contributed by atoms with van der Waals surface area (Å²) < 4.78 is 13.9. The van der Waals surface area contributed by atoms with Crippen LogP contribution in [0.2, 0.25) is 0 Å². The molecule has 8 nitrogen and oxygen atoms in total. The van der Waals surface area contributed by atoms with Crippen LogP contribution in [0.4, 0.5) is 0 Å². The summed E-state index contributed by atoms with van der Waals surface area (Å²) in [5, 5.41) is 24.3. The van der Waals surface area contributed by atoms with Gasteiger partial charge in [0.25, 0.3) is 0 Å². The number of halogens is 1. The quantitative estimate of drug-likeness (QED) is 0.235. The maximum atomic E-state index is 14.6. The fraction of sp³-hybridized carbons (Fsp3) is 0.737. The maximum Gasteiger partial charge on any atom is 0.248 e. The third-order valence-corrected chi connectivity index (χ3v) is 13.0. The van der Waals surface area contributed by atoms with Gasteiger partial charge in [0.2, 0.25) is 11.8 Å². The Morgan fingerprint density at radius 2 is 1.74 bits per heavy atom. The molecular formula is C38H55IN2O6. The molecule has 0 radical (unpaired) electrons. The van der Waals surface area contributed by atoms with Crippen molar-refractivity contribution >= 4 is 34.4 Å². The zero-order valence-corrected chi connectivity index (χ0v) is 30.6. The normalized spacial score (nSPS) is 36.2. The molecule has 6 atom stereocenters. The van der Waals surface area contributed by atoms with Crippen molar-refractivity contribution < 1.29 is 29.3 Å². The van der Waals surface area contributed by atoms with Crippen molar-refractivity contribution in [3.05, 3.63) is 39.5 Å². The standard InChI is InChI=1S/C38H55IN2O6/c1-23(2)29-9-8-24(3)12-33(29)46-21-35(43)41(22-38-18-25-13-26(19-38)15-27(14-25)20-38)31-16-28(37(45)40-10-11-42)17-34(36(31)44)47-32-7-5-4-6-30(32)39/h4-7,17,23-27,29,31,33-34,36,42,44H,8-16,18-22H2,1-3H3,(H,40,45)/t24-,25?,26?,27?,29+,31+,33-,34-,36-,38?/m0/s1. The molecule has 0 aromatic heterocycles. The molecule has 6 aliphatic rings. The van der Waals surface area contributed by atoms with Crippen LogP contribution in [0.15, 0.2) is 35.9 Å². The minimum absolute atomic E-state index is 0.0198. The van der Waals surface area contributed by atoms with Gasteiger partial charge < -0.3 is 29.9 Å². The molecule has 5 fully saturated rings. The maximum absolute atomic E-state index is 14.6. The Balaban J connectivity index is 1.30. The zero-order valence-electron chi connectivity index (χ0n) is 28.4. The molecule has 1 aromatic rings. The van der Waals surface area contributed by atoms with Gasteiger partial charge >= 0.3 is 0 Å². The van der Waals surface area contributed by atoms with E-state index >= 15 is 0 Å². The topological polar surface area (TPSA) is 108 Å². The molecule has 0 spiro atoms. The van der Waals surface area contributed by atoms with Crippen molar-refractivity contribution in [3.8, 4) is 5.75 Å². The predicted octanol–water partition coefficient (Wildman–Crippen LogP) is 5.73. The van der Waals surface area contributed by atoms with E-state index in [0.717, 1.165) is 53.4 Å². The van der Waals surface area contributed by atoms with Gasteiger partial charge in [-0.15, -0.1) is 0 Å². The SMILES string of the molecule is CC(C)[C@H]1CC[C@H](C)C[C@@H]1OCC(=O)N(CC12CC3CC(CC(C3)C1)C2)[C@@H]1CC(C(=O)NCCO)=C[C@H](Oc2ccccc2I)[C@H]1O. The van der Waals surface area contributed by atoms with Crippen LogP contribution >= 0.6 is 22.6 Å². The van der Waals surface area contributed by atoms with E-state index in [0.29, 0.717) is 35.6 Å². The summed E-state index contributed by atoms with van der Waals surface area (Å²) in [5.74, 6) is 3.85. The minimum atomic E-state index is -1.03. The second kappa shape index (κ2) is 15.1. The Morgan fingerprint density at radius 3 is 2.38 bits per heavy atom.